The maximum atomic E-state index is 9.22. The second-order valence-electron chi connectivity index (χ2n) is 13.5. The number of rotatable bonds is 8. The van der Waals surface area contributed by atoms with Gasteiger partial charge in [-0.05, 0) is 48.5 Å². The number of amidine groups is 1. The van der Waals surface area contributed by atoms with E-state index in [0.717, 1.165) is 75.7 Å². The van der Waals surface area contributed by atoms with Crippen molar-refractivity contribution in [3.63, 3.8) is 0 Å². The normalized spacial score (nSPS) is 11.8. The summed E-state index contributed by atoms with van der Waals surface area (Å²) in [5.41, 5.74) is 7.60. The zero-order valence-corrected chi connectivity index (χ0v) is 31.3. The second kappa shape index (κ2) is 13.9. The number of nitrogens with zero attached hydrogens (tertiary/aromatic N) is 4. The number of hydrogen-bond donors (Lipinski definition) is 1. The first-order valence-corrected chi connectivity index (χ1v) is 19.2. The van der Waals surface area contributed by atoms with E-state index in [1.54, 1.807) is 11.3 Å². The molecule has 0 atom stereocenters. The number of aliphatic imine (C=N–C) groups is 1. The molecule has 4 aromatic heterocycles. The van der Waals surface area contributed by atoms with E-state index in [2.05, 4.69) is 37.4 Å². The van der Waals surface area contributed by atoms with Crippen molar-refractivity contribution in [1.29, 1.82) is 5.41 Å². The Morgan fingerprint density at radius 2 is 1.23 bits per heavy atom. The van der Waals surface area contributed by atoms with Crippen LogP contribution in [0.4, 0.5) is 0 Å². The molecule has 0 radical (unpaired) electrons. The van der Waals surface area contributed by atoms with Crippen LogP contribution in [0.15, 0.2) is 179 Å². The smallest absolute Gasteiger partial charge is 0.164 e. The maximum absolute atomic E-state index is 9.22. The van der Waals surface area contributed by atoms with E-state index in [-0.39, 0.29) is 5.84 Å². The molecule has 0 spiro atoms. The van der Waals surface area contributed by atoms with Crippen LogP contribution >= 0.6 is 11.3 Å². The van der Waals surface area contributed by atoms with Gasteiger partial charge in [-0.2, -0.15) is 0 Å². The predicted molar refractivity (Wildman–Crippen MR) is 234 cm³/mol. The fraction of sp³-hybridized carbons (Fsp3) is 0. The molecule has 0 fully saturated rings. The van der Waals surface area contributed by atoms with Crippen molar-refractivity contribution < 1.29 is 8.83 Å². The van der Waals surface area contributed by atoms with Gasteiger partial charge < -0.3 is 8.83 Å². The highest BCUT2D eigenvalue weighted by molar-refractivity contribution is 7.20. The van der Waals surface area contributed by atoms with Crippen LogP contribution in [-0.2, 0) is 0 Å². The van der Waals surface area contributed by atoms with Gasteiger partial charge in [0.2, 0.25) is 0 Å². The molecule has 0 saturated carbocycles. The first-order chi connectivity index (χ1) is 28.0. The summed E-state index contributed by atoms with van der Waals surface area (Å²) in [6, 6.07) is 49.7. The Bertz CT molecular complexity index is 3210. The minimum Gasteiger partial charge on any atom is -0.456 e. The molecule has 0 aliphatic rings. The molecule has 8 heteroatoms. The number of hydrogen-bond acceptors (Lipinski definition) is 7. The van der Waals surface area contributed by atoms with Gasteiger partial charge in [0, 0.05) is 64.5 Å². The molecule has 10 aromatic rings. The number of fused-ring (bicyclic) bond motifs is 5. The quantitative estimate of drug-likeness (QED) is 0.123. The molecule has 0 aliphatic carbocycles. The lowest BCUT2D eigenvalue weighted by molar-refractivity contribution is 0.605. The molecule has 0 amide bonds. The van der Waals surface area contributed by atoms with Gasteiger partial charge >= 0.3 is 0 Å². The molecule has 0 bridgehead atoms. The van der Waals surface area contributed by atoms with E-state index in [9.17, 15) is 5.41 Å². The number of benzene rings is 6. The lowest BCUT2D eigenvalue weighted by Gasteiger charge is -2.09. The van der Waals surface area contributed by atoms with Gasteiger partial charge in [-0.25, -0.2) is 19.9 Å². The molecule has 10 rings (SSSR count). The van der Waals surface area contributed by atoms with Crippen molar-refractivity contribution in [2.75, 3.05) is 0 Å². The van der Waals surface area contributed by atoms with Crippen LogP contribution in [0.1, 0.15) is 21.8 Å². The third-order valence-electron chi connectivity index (χ3n) is 9.98. The molecule has 7 nitrogen and oxygen atoms in total. The summed E-state index contributed by atoms with van der Waals surface area (Å²) >= 11 is 1.55. The Kier molecular flexibility index (Phi) is 8.31. The molecule has 1 N–H and O–H groups in total. The van der Waals surface area contributed by atoms with Gasteiger partial charge in [-0.1, -0.05) is 122 Å². The highest BCUT2D eigenvalue weighted by atomic mass is 32.1. The topological polar surface area (TPSA) is 101 Å². The Morgan fingerprint density at radius 3 is 1.98 bits per heavy atom. The van der Waals surface area contributed by atoms with Gasteiger partial charge in [-0.3, -0.25) is 5.41 Å². The van der Waals surface area contributed by atoms with E-state index >= 15 is 0 Å². The van der Waals surface area contributed by atoms with Crippen molar-refractivity contribution in [3.8, 4) is 34.2 Å². The molecule has 270 valence electrons. The van der Waals surface area contributed by atoms with Crippen molar-refractivity contribution in [1.82, 2.24) is 15.0 Å². The van der Waals surface area contributed by atoms with Crippen LogP contribution in [-0.4, -0.2) is 26.5 Å². The zero-order valence-electron chi connectivity index (χ0n) is 30.4. The van der Waals surface area contributed by atoms with E-state index < -0.39 is 0 Å². The zero-order chi connectivity index (χ0) is 38.5. The standard InChI is InChI=1S/C49H31N5O2S/c1-3-35-38-26-33(48-52-47(31-16-8-5-9-17-31)53-49(54-48)34-22-24-37-36-19-11-13-21-40(36)56-41(37)28-34)23-25-43(38)57-45(35)29(2)46(50)51-44(30-14-6-4-7-15-30)42-27-32-18-10-12-20-39(32)55-42/h3-28,50H,1-2H2. The number of furan rings is 2. The van der Waals surface area contributed by atoms with Crippen molar-refractivity contribution in [2.24, 2.45) is 4.99 Å². The SMILES string of the molecule is C=Cc1c(C(=C)C(=N)N=C(c2ccccc2)c2cc3ccccc3o2)sc2ccc(-c3nc(-c4ccccc4)nc(-c4ccc5c(c4)oc4ccccc45)n3)cc12. The minimum absolute atomic E-state index is 0.0280. The maximum Gasteiger partial charge on any atom is 0.164 e. The van der Waals surface area contributed by atoms with Gasteiger partial charge in [0.15, 0.2) is 29.1 Å². The summed E-state index contributed by atoms with van der Waals surface area (Å²) in [6.45, 7) is 8.56. The summed E-state index contributed by atoms with van der Waals surface area (Å²) < 4.78 is 13.5. The Labute approximate surface area is 331 Å². The second-order valence-corrected chi connectivity index (χ2v) is 14.6. The lowest BCUT2D eigenvalue weighted by atomic mass is 10.0. The van der Waals surface area contributed by atoms with Crippen LogP contribution in [0.5, 0.6) is 0 Å². The first-order valence-electron chi connectivity index (χ1n) is 18.3. The van der Waals surface area contributed by atoms with Crippen molar-refractivity contribution in [3.05, 3.63) is 187 Å². The van der Waals surface area contributed by atoms with E-state index in [0.29, 0.717) is 34.5 Å². The highest BCUT2D eigenvalue weighted by Gasteiger charge is 2.21. The van der Waals surface area contributed by atoms with Crippen molar-refractivity contribution >= 4 is 77.5 Å². The average molecular weight is 754 g/mol. The first kappa shape index (κ1) is 34.0. The monoisotopic (exact) mass is 753 g/mol. The molecule has 0 aliphatic heterocycles. The number of nitrogens with one attached hydrogen (secondary N) is 1. The van der Waals surface area contributed by atoms with Crippen LogP contribution in [0.3, 0.4) is 0 Å². The van der Waals surface area contributed by atoms with Crippen molar-refractivity contribution in [2.45, 2.75) is 0 Å². The Balaban J connectivity index is 1.05. The van der Waals surface area contributed by atoms with Crippen LogP contribution in [0, 0.1) is 5.41 Å². The molecule has 57 heavy (non-hydrogen) atoms. The summed E-state index contributed by atoms with van der Waals surface area (Å²) in [5.74, 6) is 2.24. The van der Waals surface area contributed by atoms with Gasteiger partial charge in [-0.15, -0.1) is 11.3 Å². The largest absolute Gasteiger partial charge is 0.456 e. The number of para-hydroxylation sites is 2. The number of aromatic nitrogens is 3. The molecular formula is C49H31N5O2S. The molecule has 4 heterocycles. The number of thiophene rings is 1. The summed E-state index contributed by atoms with van der Waals surface area (Å²) in [4.78, 5) is 20.6. The lowest BCUT2D eigenvalue weighted by Crippen LogP contribution is -2.07. The van der Waals surface area contributed by atoms with E-state index in [1.165, 1.54) is 0 Å². The van der Waals surface area contributed by atoms with Gasteiger partial charge in [0.25, 0.3) is 0 Å². The molecule has 6 aromatic carbocycles. The van der Waals surface area contributed by atoms with Crippen LogP contribution < -0.4 is 0 Å². The van der Waals surface area contributed by atoms with Crippen LogP contribution in [0.25, 0.3) is 88.8 Å². The summed E-state index contributed by atoms with van der Waals surface area (Å²) in [5, 5.41) is 13.2. The Hall–Kier alpha value is -7.55. The fourth-order valence-corrected chi connectivity index (χ4v) is 8.30. The van der Waals surface area contributed by atoms with E-state index in [1.807, 2.05) is 133 Å². The summed E-state index contributed by atoms with van der Waals surface area (Å²) in [7, 11) is 0. The fourth-order valence-electron chi connectivity index (χ4n) is 7.14. The molecule has 0 saturated heterocycles. The third kappa shape index (κ3) is 6.14. The average Bonchev–Trinajstić information content (AvgIpc) is 3.98. The molecular weight excluding hydrogens is 723 g/mol. The third-order valence-corrected chi connectivity index (χ3v) is 11.2. The highest BCUT2D eigenvalue weighted by Crippen LogP contribution is 2.39. The summed E-state index contributed by atoms with van der Waals surface area (Å²) in [6.07, 6.45) is 1.81. The Morgan fingerprint density at radius 1 is 0.596 bits per heavy atom. The van der Waals surface area contributed by atoms with Gasteiger partial charge in [0.05, 0.1) is 0 Å². The van der Waals surface area contributed by atoms with E-state index in [4.69, 9.17) is 28.8 Å². The van der Waals surface area contributed by atoms with Crippen LogP contribution in [0.2, 0.25) is 0 Å². The predicted octanol–water partition coefficient (Wildman–Crippen LogP) is 12.9. The molecule has 0 unspecified atom stereocenters. The minimum atomic E-state index is 0.0280. The van der Waals surface area contributed by atoms with Gasteiger partial charge in [0.1, 0.15) is 22.5 Å².